The van der Waals surface area contributed by atoms with Crippen molar-refractivity contribution in [2.24, 2.45) is 0 Å². The van der Waals surface area contributed by atoms with Crippen LogP contribution in [0.5, 0.6) is 0 Å². The zero-order valence-corrected chi connectivity index (χ0v) is 11.3. The normalized spacial score (nSPS) is 10.1. The molecule has 0 aliphatic rings. The molecule has 0 amide bonds. The predicted octanol–water partition coefficient (Wildman–Crippen LogP) is 3.24. The van der Waals surface area contributed by atoms with E-state index in [1.807, 2.05) is 12.3 Å². The highest BCUT2D eigenvalue weighted by atomic mass is 35.5. The molecule has 0 radical (unpaired) electrons. The van der Waals surface area contributed by atoms with Crippen LogP contribution in [0.15, 0.2) is 18.5 Å². The van der Waals surface area contributed by atoms with Crippen molar-refractivity contribution in [2.75, 3.05) is 5.32 Å². The van der Waals surface area contributed by atoms with E-state index in [0.29, 0.717) is 22.9 Å². The fraction of sp³-hybridized carbons (Fsp3) is 0.250. The SMILES string of the molecule is CCc1cnc(CNc2nccc(C#N)c2Cl)s1. The molecule has 92 valence electrons. The molecule has 18 heavy (non-hydrogen) atoms. The molecular formula is C12H11ClN4S. The average Bonchev–Trinajstić information content (AvgIpc) is 2.85. The minimum absolute atomic E-state index is 0.354. The summed E-state index contributed by atoms with van der Waals surface area (Å²) in [6.45, 7) is 2.66. The van der Waals surface area contributed by atoms with Gasteiger partial charge < -0.3 is 5.32 Å². The van der Waals surface area contributed by atoms with E-state index in [4.69, 9.17) is 16.9 Å². The van der Waals surface area contributed by atoms with E-state index in [9.17, 15) is 0 Å². The van der Waals surface area contributed by atoms with Crippen LogP contribution in [0, 0.1) is 11.3 Å². The summed E-state index contributed by atoms with van der Waals surface area (Å²) in [5.41, 5.74) is 0.419. The van der Waals surface area contributed by atoms with Crippen molar-refractivity contribution >= 4 is 28.8 Å². The van der Waals surface area contributed by atoms with Crippen LogP contribution in [0.25, 0.3) is 0 Å². The number of hydrogen-bond acceptors (Lipinski definition) is 5. The molecule has 0 fully saturated rings. The lowest BCUT2D eigenvalue weighted by molar-refractivity contribution is 1.07. The molecule has 2 heterocycles. The number of aryl methyl sites for hydroxylation is 1. The number of hydrogen-bond donors (Lipinski definition) is 1. The van der Waals surface area contributed by atoms with E-state index in [2.05, 4.69) is 22.2 Å². The van der Waals surface area contributed by atoms with Crippen molar-refractivity contribution in [3.8, 4) is 6.07 Å². The second-order valence-corrected chi connectivity index (χ2v) is 5.14. The second-order valence-electron chi connectivity index (χ2n) is 3.56. The molecule has 0 saturated heterocycles. The Bertz CT molecular complexity index is 588. The number of nitriles is 1. The Hall–Kier alpha value is -1.64. The molecule has 4 nitrogen and oxygen atoms in total. The Kier molecular flexibility index (Phi) is 4.13. The molecule has 6 heteroatoms. The van der Waals surface area contributed by atoms with Gasteiger partial charge in [0.1, 0.15) is 21.9 Å². The average molecular weight is 279 g/mol. The van der Waals surface area contributed by atoms with Gasteiger partial charge in [-0.15, -0.1) is 11.3 Å². The Morgan fingerprint density at radius 2 is 2.33 bits per heavy atom. The number of aromatic nitrogens is 2. The largest absolute Gasteiger partial charge is 0.362 e. The highest BCUT2D eigenvalue weighted by Crippen LogP contribution is 2.23. The third-order valence-electron chi connectivity index (χ3n) is 2.37. The van der Waals surface area contributed by atoms with Gasteiger partial charge in [0, 0.05) is 17.3 Å². The summed E-state index contributed by atoms with van der Waals surface area (Å²) in [5, 5.41) is 13.3. The first-order valence-corrected chi connectivity index (χ1v) is 6.66. The number of anilines is 1. The van der Waals surface area contributed by atoms with Gasteiger partial charge in [-0.25, -0.2) is 9.97 Å². The van der Waals surface area contributed by atoms with E-state index in [-0.39, 0.29) is 0 Å². The van der Waals surface area contributed by atoms with Gasteiger partial charge in [0.25, 0.3) is 0 Å². The van der Waals surface area contributed by atoms with Gasteiger partial charge in [-0.1, -0.05) is 18.5 Å². The minimum atomic E-state index is 0.354. The van der Waals surface area contributed by atoms with Gasteiger partial charge in [0.15, 0.2) is 0 Å². The van der Waals surface area contributed by atoms with Gasteiger partial charge in [0.05, 0.1) is 12.1 Å². The van der Waals surface area contributed by atoms with Gasteiger partial charge >= 0.3 is 0 Å². The summed E-state index contributed by atoms with van der Waals surface area (Å²) >= 11 is 7.70. The predicted molar refractivity (Wildman–Crippen MR) is 72.8 cm³/mol. The molecule has 0 atom stereocenters. The van der Waals surface area contributed by atoms with Gasteiger partial charge in [-0.3, -0.25) is 0 Å². The van der Waals surface area contributed by atoms with Gasteiger partial charge in [0.2, 0.25) is 0 Å². The number of pyridine rings is 1. The van der Waals surface area contributed by atoms with E-state index >= 15 is 0 Å². The zero-order valence-electron chi connectivity index (χ0n) is 9.77. The van der Waals surface area contributed by atoms with Crippen LogP contribution >= 0.6 is 22.9 Å². The van der Waals surface area contributed by atoms with E-state index < -0.39 is 0 Å². The summed E-state index contributed by atoms with van der Waals surface area (Å²) < 4.78 is 0. The summed E-state index contributed by atoms with van der Waals surface area (Å²) in [6.07, 6.45) is 4.43. The van der Waals surface area contributed by atoms with E-state index in [0.717, 1.165) is 11.4 Å². The zero-order chi connectivity index (χ0) is 13.0. The van der Waals surface area contributed by atoms with Crippen molar-refractivity contribution in [1.29, 1.82) is 5.26 Å². The third-order valence-corrected chi connectivity index (χ3v) is 3.89. The fourth-order valence-electron chi connectivity index (χ4n) is 1.41. The summed E-state index contributed by atoms with van der Waals surface area (Å²) in [7, 11) is 0. The van der Waals surface area contributed by atoms with Crippen LogP contribution in [-0.4, -0.2) is 9.97 Å². The highest BCUT2D eigenvalue weighted by Gasteiger charge is 2.07. The molecule has 2 rings (SSSR count). The molecule has 0 bridgehead atoms. The topological polar surface area (TPSA) is 61.6 Å². The molecule has 1 N–H and O–H groups in total. The third kappa shape index (κ3) is 2.78. The lowest BCUT2D eigenvalue weighted by Crippen LogP contribution is -2.02. The standard InChI is InChI=1S/C12H11ClN4S/c1-2-9-6-16-10(18-9)7-17-12-11(13)8(5-14)3-4-15-12/h3-4,6H,2,7H2,1H3,(H,15,17). The highest BCUT2D eigenvalue weighted by molar-refractivity contribution is 7.11. The first kappa shape index (κ1) is 12.8. The maximum Gasteiger partial charge on any atom is 0.146 e. The number of thiazole rings is 1. The Balaban J connectivity index is 2.09. The maximum atomic E-state index is 8.86. The Morgan fingerprint density at radius 1 is 1.50 bits per heavy atom. The lowest BCUT2D eigenvalue weighted by atomic mass is 10.3. The summed E-state index contributed by atoms with van der Waals surface area (Å²) in [6, 6.07) is 3.61. The van der Waals surface area contributed by atoms with Crippen molar-refractivity contribution in [3.63, 3.8) is 0 Å². The van der Waals surface area contributed by atoms with Crippen LogP contribution in [0.4, 0.5) is 5.82 Å². The first-order chi connectivity index (χ1) is 8.74. The molecule has 2 aromatic rings. The molecule has 0 unspecified atom stereocenters. The van der Waals surface area contributed by atoms with Crippen molar-refractivity contribution in [3.05, 3.63) is 38.9 Å². The Labute approximate surface area is 114 Å². The Morgan fingerprint density at radius 3 is 3.00 bits per heavy atom. The number of nitrogens with one attached hydrogen (secondary N) is 1. The lowest BCUT2D eigenvalue weighted by Gasteiger charge is -2.05. The fourth-order valence-corrected chi connectivity index (χ4v) is 2.43. The van der Waals surface area contributed by atoms with Crippen LogP contribution in [0.2, 0.25) is 5.02 Å². The smallest absolute Gasteiger partial charge is 0.146 e. The molecule has 0 aromatic carbocycles. The molecule has 0 spiro atoms. The van der Waals surface area contributed by atoms with Crippen LogP contribution in [-0.2, 0) is 13.0 Å². The molecule has 0 saturated carbocycles. The van der Waals surface area contributed by atoms with Crippen LogP contribution < -0.4 is 5.32 Å². The summed E-state index contributed by atoms with van der Waals surface area (Å²) in [4.78, 5) is 9.65. The maximum absolute atomic E-state index is 8.86. The van der Waals surface area contributed by atoms with Crippen LogP contribution in [0.1, 0.15) is 22.4 Å². The van der Waals surface area contributed by atoms with Crippen molar-refractivity contribution in [1.82, 2.24) is 9.97 Å². The molecular weight excluding hydrogens is 268 g/mol. The molecule has 2 aromatic heterocycles. The quantitative estimate of drug-likeness (QED) is 0.933. The van der Waals surface area contributed by atoms with Crippen molar-refractivity contribution < 1.29 is 0 Å². The van der Waals surface area contributed by atoms with Gasteiger partial charge in [-0.05, 0) is 12.5 Å². The van der Waals surface area contributed by atoms with Gasteiger partial charge in [-0.2, -0.15) is 5.26 Å². The van der Waals surface area contributed by atoms with Crippen molar-refractivity contribution in [2.45, 2.75) is 19.9 Å². The minimum Gasteiger partial charge on any atom is -0.362 e. The van der Waals surface area contributed by atoms with E-state index in [1.165, 1.54) is 4.88 Å². The molecule has 0 aliphatic carbocycles. The first-order valence-electron chi connectivity index (χ1n) is 5.46. The second kappa shape index (κ2) is 5.80. The monoisotopic (exact) mass is 278 g/mol. The summed E-state index contributed by atoms with van der Waals surface area (Å²) in [5.74, 6) is 0.518. The van der Waals surface area contributed by atoms with E-state index in [1.54, 1.807) is 23.6 Å². The number of halogens is 1. The number of nitrogens with zero attached hydrogens (tertiary/aromatic N) is 3. The number of rotatable bonds is 4. The molecule has 0 aliphatic heterocycles. The van der Waals surface area contributed by atoms with Crippen LogP contribution in [0.3, 0.4) is 0 Å².